The number of carboxylic acid groups (broad SMARTS) is 1. The molecule has 15 heteroatoms. The van der Waals surface area contributed by atoms with Crippen LogP contribution in [0.25, 0.3) is 0 Å². The Morgan fingerprint density at radius 3 is 1.48 bits per heavy atom. The maximum Gasteiger partial charge on any atom is 0.407 e. The zero-order valence-corrected chi connectivity index (χ0v) is 38.1. The molecule has 0 spiro atoms. The van der Waals surface area contributed by atoms with Gasteiger partial charge in [-0.05, 0) is 140 Å². The Labute approximate surface area is 382 Å². The van der Waals surface area contributed by atoms with Gasteiger partial charge in [0.2, 0.25) is 5.91 Å². The molecule has 3 aliphatic heterocycles. The molecular weight excluding hydrogens is 835 g/mol. The minimum Gasteiger partial charge on any atom is -0.481 e. The van der Waals surface area contributed by atoms with Crippen molar-refractivity contribution in [1.82, 2.24) is 10.6 Å². The average Bonchev–Trinajstić information content (AvgIpc) is 4.04. The van der Waals surface area contributed by atoms with E-state index in [1.54, 1.807) is 20.8 Å². The number of carbonyl (C=O) groups excluding carboxylic acids is 5. The third kappa shape index (κ3) is 10.9. The van der Waals surface area contributed by atoms with Crippen molar-refractivity contribution < 1.29 is 57.6 Å². The number of cyclic esters (lactones) is 2. The van der Waals surface area contributed by atoms with Gasteiger partial charge >= 0.3 is 30.1 Å². The van der Waals surface area contributed by atoms with Crippen LogP contribution in [0, 0.1) is 59.2 Å². The molecule has 0 bridgehead atoms. The molecule has 0 radical (unpaired) electrons. The predicted molar refractivity (Wildman–Crippen MR) is 239 cm³/mol. The van der Waals surface area contributed by atoms with Gasteiger partial charge in [-0.25, -0.2) is 9.59 Å². The number of benzene rings is 2. The molecule has 3 N–H and O–H groups in total. The number of alkyl carbamates (subject to hydrolysis) is 2. The highest BCUT2D eigenvalue weighted by Crippen LogP contribution is 2.55. The second-order valence-electron chi connectivity index (χ2n) is 18.8. The van der Waals surface area contributed by atoms with E-state index in [1.807, 2.05) is 72.5 Å². The lowest BCUT2D eigenvalue weighted by atomic mass is 9.56. The monoisotopic (exact) mass is 901 g/mol. The largest absolute Gasteiger partial charge is 0.481 e. The number of rotatable bonds is 8. The highest BCUT2D eigenvalue weighted by Gasteiger charge is 2.59. The molecule has 15 nitrogen and oxygen atoms in total. The van der Waals surface area contributed by atoms with Gasteiger partial charge in [-0.15, -0.1) is 0 Å². The van der Waals surface area contributed by atoms with Crippen LogP contribution in [0.5, 0.6) is 0 Å². The number of nitrogens with one attached hydrogen (secondary N) is 2. The summed E-state index contributed by atoms with van der Waals surface area (Å²) in [6.45, 7) is 9.90. The molecule has 354 valence electrons. The number of para-hydroxylation sites is 2. The normalized spacial score (nSPS) is 34.1. The fourth-order valence-electron chi connectivity index (χ4n) is 12.4. The van der Waals surface area contributed by atoms with E-state index >= 15 is 0 Å². The zero-order valence-electron chi connectivity index (χ0n) is 38.1. The topological polar surface area (TPSA) is 196 Å². The molecule has 7 aliphatic rings. The number of ether oxygens (including phenoxy) is 5. The molecule has 4 aliphatic carbocycles. The summed E-state index contributed by atoms with van der Waals surface area (Å²) in [5.41, 5.74) is 1.62. The van der Waals surface area contributed by atoms with Gasteiger partial charge in [0.25, 0.3) is 0 Å². The molecule has 9 rings (SSSR count). The van der Waals surface area contributed by atoms with Crippen molar-refractivity contribution in [3.05, 3.63) is 60.7 Å². The lowest BCUT2D eigenvalue weighted by molar-refractivity contribution is -0.153. The number of esters is 2. The maximum atomic E-state index is 14.6. The molecule has 65 heavy (non-hydrogen) atoms. The van der Waals surface area contributed by atoms with E-state index in [4.69, 9.17) is 23.7 Å². The Kier molecular flexibility index (Phi) is 16.1. The van der Waals surface area contributed by atoms with Crippen molar-refractivity contribution in [1.29, 1.82) is 0 Å². The molecule has 14 atom stereocenters. The van der Waals surface area contributed by atoms with E-state index in [1.165, 1.54) is 12.8 Å². The third-order valence-corrected chi connectivity index (χ3v) is 15.0. The van der Waals surface area contributed by atoms with Crippen molar-refractivity contribution >= 4 is 47.4 Å². The standard InChI is InChI=1S/C29H34N2O5.C17H25NO6.C4H8O/c1-3-35-29(34)30-20-14-15-23-19(16-20)17-24-25(18(2)36-28(24)33)26(23)27(32)31(21-10-6-4-7-11-21)22-12-8-5-9-13-22;1-3-23-17(22)18-10-4-5-11-9(6-10)7-12-13(14(11)15(19)20)8(2)24-16(12)21;1-2-4-5-3-1/h4-13,18-20,23-26H,3,14-17H2,1-2H3,(H,30,34);8-14H,3-7H2,1-2H3,(H,18,22)(H,19,20);1-4H2/t18-,19+,20-,23-,24-,25-,26+;8-,9+,10-,11-,12-,13-,14+;/m11./s1. The highest BCUT2D eigenvalue weighted by atomic mass is 16.6. The number of hydrogen-bond acceptors (Lipinski definition) is 11. The minimum absolute atomic E-state index is 0.0130. The summed E-state index contributed by atoms with van der Waals surface area (Å²) < 4.78 is 26.0. The fourth-order valence-corrected chi connectivity index (χ4v) is 12.4. The lowest BCUT2D eigenvalue weighted by Crippen LogP contribution is -2.53. The molecule has 2 aromatic rings. The van der Waals surface area contributed by atoms with Crippen LogP contribution in [-0.2, 0) is 42.9 Å². The summed E-state index contributed by atoms with van der Waals surface area (Å²) in [5, 5.41) is 15.6. The van der Waals surface area contributed by atoms with Crippen molar-refractivity contribution in [2.45, 2.75) is 116 Å². The Morgan fingerprint density at radius 1 is 0.646 bits per heavy atom. The summed E-state index contributed by atoms with van der Waals surface area (Å²) in [6, 6.07) is 19.4. The zero-order chi connectivity index (χ0) is 46.2. The second kappa shape index (κ2) is 21.9. The van der Waals surface area contributed by atoms with Crippen LogP contribution >= 0.6 is 0 Å². The van der Waals surface area contributed by atoms with Gasteiger partial charge < -0.3 is 39.4 Å². The van der Waals surface area contributed by atoms with Crippen LogP contribution in [-0.4, -0.2) is 91.8 Å². The Hall–Kier alpha value is -5.18. The maximum absolute atomic E-state index is 14.6. The number of amides is 3. The number of anilines is 2. The lowest BCUT2D eigenvalue weighted by Gasteiger charge is -2.48. The van der Waals surface area contributed by atoms with Gasteiger partial charge in [0.05, 0.1) is 31.0 Å². The van der Waals surface area contributed by atoms with Crippen molar-refractivity contribution in [3.63, 3.8) is 0 Å². The van der Waals surface area contributed by atoms with E-state index in [0.717, 1.165) is 56.7 Å². The number of fused-ring (bicyclic) bond motifs is 4. The molecule has 0 aromatic heterocycles. The molecule has 3 saturated heterocycles. The van der Waals surface area contributed by atoms with Gasteiger partial charge in [-0.1, -0.05) is 36.4 Å². The Bertz CT molecular complexity index is 1920. The van der Waals surface area contributed by atoms with E-state index in [0.29, 0.717) is 32.5 Å². The summed E-state index contributed by atoms with van der Waals surface area (Å²) in [6.07, 6.45) is 6.92. The number of carbonyl (C=O) groups is 6. The van der Waals surface area contributed by atoms with Crippen molar-refractivity contribution in [2.75, 3.05) is 31.3 Å². The van der Waals surface area contributed by atoms with Crippen LogP contribution in [0.4, 0.5) is 21.0 Å². The predicted octanol–water partition coefficient (Wildman–Crippen LogP) is 7.68. The molecule has 3 heterocycles. The molecule has 2 aromatic carbocycles. The quantitative estimate of drug-likeness (QED) is 0.173. The smallest absolute Gasteiger partial charge is 0.407 e. The van der Waals surface area contributed by atoms with Crippen LogP contribution < -0.4 is 15.5 Å². The second-order valence-corrected chi connectivity index (χ2v) is 18.8. The fraction of sp³-hybridized carbons (Fsp3) is 0.640. The van der Waals surface area contributed by atoms with Crippen molar-refractivity contribution in [3.8, 4) is 0 Å². The van der Waals surface area contributed by atoms with E-state index in [-0.39, 0.29) is 95.4 Å². The van der Waals surface area contributed by atoms with Gasteiger partial charge in [0.1, 0.15) is 12.2 Å². The van der Waals surface area contributed by atoms with Gasteiger partial charge in [0, 0.05) is 54.4 Å². The summed E-state index contributed by atoms with van der Waals surface area (Å²) in [5.74, 6) is -2.77. The molecule has 0 unspecified atom stereocenters. The van der Waals surface area contributed by atoms with Crippen molar-refractivity contribution in [2.24, 2.45) is 59.2 Å². The van der Waals surface area contributed by atoms with E-state index in [2.05, 4.69) is 10.6 Å². The number of aliphatic carboxylic acids is 1. The van der Waals surface area contributed by atoms with Crippen LogP contribution in [0.15, 0.2) is 60.7 Å². The minimum atomic E-state index is -0.832. The molecular formula is C50H67N3O12. The van der Waals surface area contributed by atoms with Gasteiger partial charge in [0.15, 0.2) is 0 Å². The van der Waals surface area contributed by atoms with Crippen LogP contribution in [0.3, 0.4) is 0 Å². The average molecular weight is 902 g/mol. The molecule has 7 fully saturated rings. The van der Waals surface area contributed by atoms with Gasteiger partial charge in [-0.3, -0.25) is 24.1 Å². The van der Waals surface area contributed by atoms with Gasteiger partial charge in [-0.2, -0.15) is 0 Å². The number of carboxylic acids is 1. The summed E-state index contributed by atoms with van der Waals surface area (Å²) >= 11 is 0. The first-order chi connectivity index (χ1) is 31.4. The SMILES string of the molecule is C1CCOC1.CCOC(=O)N[C@@H]1CC[C@@H]2[C@@H](C1)C[C@H]1C(=O)O[C@H](C)[C@H]1[C@H]2C(=O)N(c1ccccc1)c1ccccc1.CCOC(=O)N[C@@H]1CC[C@@H]2[C@@H](C1)C[C@H]1C(=O)O[C@H](C)[C@H]1[C@H]2C(=O)O. The molecule has 4 saturated carbocycles. The summed E-state index contributed by atoms with van der Waals surface area (Å²) in [4.78, 5) is 76.9. The van der Waals surface area contributed by atoms with Crippen LogP contribution in [0.2, 0.25) is 0 Å². The van der Waals surface area contributed by atoms with E-state index in [9.17, 15) is 33.9 Å². The van der Waals surface area contributed by atoms with E-state index < -0.39 is 24.1 Å². The highest BCUT2D eigenvalue weighted by molar-refractivity contribution is 6.02. The first kappa shape index (κ1) is 47.8. The first-order valence-corrected chi connectivity index (χ1v) is 23.9. The summed E-state index contributed by atoms with van der Waals surface area (Å²) in [7, 11) is 0. The Balaban J connectivity index is 0.000000186. The molecule has 3 amide bonds. The third-order valence-electron chi connectivity index (χ3n) is 15.0. The Morgan fingerprint density at radius 2 is 1.08 bits per heavy atom. The number of nitrogens with zero attached hydrogens (tertiary/aromatic N) is 1. The number of hydrogen-bond donors (Lipinski definition) is 3. The first-order valence-electron chi connectivity index (χ1n) is 23.9. The van der Waals surface area contributed by atoms with Crippen LogP contribution in [0.1, 0.15) is 91.9 Å².